The molecule has 0 aliphatic carbocycles. The van der Waals surface area contributed by atoms with Crippen LogP contribution in [0.5, 0.6) is 0 Å². The van der Waals surface area contributed by atoms with E-state index in [1.165, 1.54) is 96.3 Å². The first kappa shape index (κ1) is 28.1. The molecule has 0 heterocycles. The first-order valence-corrected chi connectivity index (χ1v) is 15.2. The lowest BCUT2D eigenvalue weighted by atomic mass is 10.0. The third-order valence-corrected chi connectivity index (χ3v) is 10.0. The van der Waals surface area contributed by atoms with Gasteiger partial charge < -0.3 is 8.85 Å². The molecule has 0 radical (unpaired) electrons. The summed E-state index contributed by atoms with van der Waals surface area (Å²) in [5.41, 5.74) is 0. The number of unbranched alkanes of at least 4 members (excludes halogenated alkanes) is 12. The van der Waals surface area contributed by atoms with Crippen molar-refractivity contribution in [2.24, 2.45) is 5.92 Å². The van der Waals surface area contributed by atoms with Gasteiger partial charge in [-0.2, -0.15) is 0 Å². The fourth-order valence-corrected chi connectivity index (χ4v) is 6.33. The molecule has 0 aromatic heterocycles. The summed E-state index contributed by atoms with van der Waals surface area (Å²) in [6.07, 6.45) is 20.7. The van der Waals surface area contributed by atoms with Gasteiger partial charge in [0.05, 0.1) is 0 Å². The third-order valence-electron chi connectivity index (χ3n) is 6.43. The van der Waals surface area contributed by atoms with Gasteiger partial charge in [0.1, 0.15) is 0 Å². The Hall–Kier alpha value is 0.137. The summed E-state index contributed by atoms with van der Waals surface area (Å²) in [5.74, 6) is 0.699. The SMILES string of the molecule is CCCCCCCCCCCCCCCO[Si](CC)(CC)OCC(CC)CC. The van der Waals surface area contributed by atoms with Gasteiger partial charge in [-0.1, -0.05) is 125 Å². The van der Waals surface area contributed by atoms with E-state index in [-0.39, 0.29) is 0 Å². The van der Waals surface area contributed by atoms with Gasteiger partial charge in [-0.25, -0.2) is 0 Å². The van der Waals surface area contributed by atoms with Gasteiger partial charge in [-0.15, -0.1) is 0 Å². The standard InChI is InChI=1S/C25H54O2Si/c1-6-11-12-13-14-15-16-17-18-19-20-21-22-23-26-28(9-4,10-5)27-24-25(7-2)8-3/h25H,6-24H2,1-5H3. The van der Waals surface area contributed by atoms with E-state index in [1.807, 2.05) is 0 Å². The minimum absolute atomic E-state index is 0.699. The molecule has 0 aromatic carbocycles. The molecule has 0 atom stereocenters. The Kier molecular flexibility index (Phi) is 20.5. The fourth-order valence-electron chi connectivity index (χ4n) is 3.87. The predicted molar refractivity (Wildman–Crippen MR) is 128 cm³/mol. The molecule has 28 heavy (non-hydrogen) atoms. The lowest BCUT2D eigenvalue weighted by Gasteiger charge is -2.30. The van der Waals surface area contributed by atoms with Crippen LogP contribution in [0.3, 0.4) is 0 Å². The lowest BCUT2D eigenvalue weighted by Crippen LogP contribution is -2.42. The molecule has 0 unspecified atom stereocenters. The molecular formula is C25H54O2Si. The van der Waals surface area contributed by atoms with Gasteiger partial charge in [-0.05, 0) is 24.4 Å². The maximum absolute atomic E-state index is 6.40. The van der Waals surface area contributed by atoms with Crippen LogP contribution < -0.4 is 0 Å². The number of rotatable bonds is 22. The molecule has 0 aliphatic heterocycles. The summed E-state index contributed by atoms with van der Waals surface area (Å²) in [5, 5.41) is 0. The topological polar surface area (TPSA) is 18.5 Å². The molecule has 0 rings (SSSR count). The Balaban J connectivity index is 3.62. The molecule has 0 aliphatic rings. The molecule has 0 amide bonds. The maximum atomic E-state index is 6.40. The molecular weight excluding hydrogens is 360 g/mol. The average molecular weight is 415 g/mol. The molecule has 0 bridgehead atoms. The second kappa shape index (κ2) is 20.4. The molecule has 0 fully saturated rings. The molecule has 0 N–H and O–H groups in total. The van der Waals surface area contributed by atoms with E-state index in [2.05, 4.69) is 34.6 Å². The minimum Gasteiger partial charge on any atom is -0.394 e. The van der Waals surface area contributed by atoms with Crippen molar-refractivity contribution in [3.63, 3.8) is 0 Å². The van der Waals surface area contributed by atoms with E-state index < -0.39 is 8.56 Å². The van der Waals surface area contributed by atoms with E-state index in [1.54, 1.807) is 0 Å². The highest BCUT2D eigenvalue weighted by Crippen LogP contribution is 2.22. The average Bonchev–Trinajstić information content (AvgIpc) is 2.73. The van der Waals surface area contributed by atoms with Crippen molar-refractivity contribution >= 4 is 8.56 Å². The van der Waals surface area contributed by atoms with Gasteiger partial charge in [0.2, 0.25) is 0 Å². The van der Waals surface area contributed by atoms with E-state index >= 15 is 0 Å². The molecule has 0 spiro atoms. The van der Waals surface area contributed by atoms with Crippen LogP contribution in [0.1, 0.15) is 131 Å². The highest BCUT2D eigenvalue weighted by atomic mass is 28.4. The Morgan fingerprint density at radius 2 is 0.964 bits per heavy atom. The van der Waals surface area contributed by atoms with Crippen LogP contribution in [0, 0.1) is 5.92 Å². The maximum Gasteiger partial charge on any atom is 0.337 e. The van der Waals surface area contributed by atoms with Crippen molar-refractivity contribution in [1.82, 2.24) is 0 Å². The number of hydrogen-bond donors (Lipinski definition) is 0. The van der Waals surface area contributed by atoms with Crippen LogP contribution in [0.2, 0.25) is 12.1 Å². The summed E-state index contributed by atoms with van der Waals surface area (Å²) in [6.45, 7) is 13.2. The minimum atomic E-state index is -1.94. The van der Waals surface area contributed by atoms with E-state index in [4.69, 9.17) is 8.85 Å². The van der Waals surface area contributed by atoms with Crippen LogP contribution in [-0.4, -0.2) is 21.8 Å². The predicted octanol–water partition coefficient (Wildman–Crippen LogP) is 9.03. The van der Waals surface area contributed by atoms with E-state index in [0.717, 1.165) is 25.3 Å². The first-order chi connectivity index (χ1) is 13.7. The first-order valence-electron chi connectivity index (χ1n) is 13.0. The van der Waals surface area contributed by atoms with Crippen LogP contribution >= 0.6 is 0 Å². The molecule has 0 aromatic rings. The normalized spacial score (nSPS) is 12.2. The van der Waals surface area contributed by atoms with Gasteiger partial charge in [-0.3, -0.25) is 0 Å². The fraction of sp³-hybridized carbons (Fsp3) is 1.00. The van der Waals surface area contributed by atoms with Crippen molar-refractivity contribution in [2.75, 3.05) is 13.2 Å². The summed E-state index contributed by atoms with van der Waals surface area (Å²) in [6, 6.07) is 2.17. The van der Waals surface area contributed by atoms with Gasteiger partial charge in [0.15, 0.2) is 0 Å². The number of hydrogen-bond acceptors (Lipinski definition) is 2. The summed E-state index contributed by atoms with van der Waals surface area (Å²) in [7, 11) is -1.94. The quantitative estimate of drug-likeness (QED) is 0.130. The van der Waals surface area contributed by atoms with Crippen molar-refractivity contribution in [1.29, 1.82) is 0 Å². The van der Waals surface area contributed by atoms with E-state index in [9.17, 15) is 0 Å². The molecule has 3 heteroatoms. The second-order valence-electron chi connectivity index (χ2n) is 8.70. The van der Waals surface area contributed by atoms with E-state index in [0.29, 0.717) is 5.92 Å². The van der Waals surface area contributed by atoms with Gasteiger partial charge in [0, 0.05) is 13.2 Å². The highest BCUT2D eigenvalue weighted by Gasteiger charge is 2.33. The van der Waals surface area contributed by atoms with Crippen molar-refractivity contribution < 1.29 is 8.85 Å². The van der Waals surface area contributed by atoms with Crippen LogP contribution in [0.15, 0.2) is 0 Å². The van der Waals surface area contributed by atoms with Crippen molar-refractivity contribution in [3.8, 4) is 0 Å². The zero-order chi connectivity index (χ0) is 20.9. The smallest absolute Gasteiger partial charge is 0.337 e. The Bertz CT molecular complexity index is 301. The largest absolute Gasteiger partial charge is 0.394 e. The van der Waals surface area contributed by atoms with Gasteiger partial charge in [0.25, 0.3) is 0 Å². The Morgan fingerprint density at radius 1 is 0.536 bits per heavy atom. The summed E-state index contributed by atoms with van der Waals surface area (Å²) in [4.78, 5) is 0. The second-order valence-corrected chi connectivity index (χ2v) is 12.5. The molecule has 0 saturated heterocycles. The molecule has 0 saturated carbocycles. The summed E-state index contributed by atoms with van der Waals surface area (Å²) >= 11 is 0. The molecule has 170 valence electrons. The van der Waals surface area contributed by atoms with Crippen molar-refractivity contribution in [2.45, 2.75) is 143 Å². The zero-order valence-corrected chi connectivity index (χ0v) is 21.3. The monoisotopic (exact) mass is 414 g/mol. The highest BCUT2D eigenvalue weighted by molar-refractivity contribution is 6.67. The van der Waals surface area contributed by atoms with Crippen LogP contribution in [0.4, 0.5) is 0 Å². The zero-order valence-electron chi connectivity index (χ0n) is 20.3. The van der Waals surface area contributed by atoms with Crippen LogP contribution in [-0.2, 0) is 8.85 Å². The Morgan fingerprint density at radius 3 is 1.36 bits per heavy atom. The van der Waals surface area contributed by atoms with Crippen LogP contribution in [0.25, 0.3) is 0 Å². The van der Waals surface area contributed by atoms with Crippen molar-refractivity contribution in [3.05, 3.63) is 0 Å². The lowest BCUT2D eigenvalue weighted by molar-refractivity contribution is 0.140. The molecule has 2 nitrogen and oxygen atoms in total. The third kappa shape index (κ3) is 15.0. The Labute approximate surface area is 179 Å². The summed E-state index contributed by atoms with van der Waals surface area (Å²) < 4.78 is 12.8. The van der Waals surface area contributed by atoms with Gasteiger partial charge >= 0.3 is 8.56 Å².